The summed E-state index contributed by atoms with van der Waals surface area (Å²) >= 11 is 0. The number of rotatable bonds is 6. The average Bonchev–Trinajstić information content (AvgIpc) is 3.03. The first-order valence-electron chi connectivity index (χ1n) is 13.9. The lowest BCUT2D eigenvalue weighted by molar-refractivity contribution is 0.140. The fraction of sp³-hybridized carbons (Fsp3) is 0.108. The van der Waals surface area contributed by atoms with Crippen LogP contribution in [0.1, 0.15) is 33.7 Å². The first kappa shape index (κ1) is 27.3. The van der Waals surface area contributed by atoms with E-state index in [0.29, 0.717) is 12.4 Å². The van der Waals surface area contributed by atoms with Gasteiger partial charge in [0.15, 0.2) is 0 Å². The number of aryl methyl sites for hydroxylation is 1. The molecule has 0 amide bonds. The van der Waals surface area contributed by atoms with Crippen molar-refractivity contribution >= 4 is 15.9 Å². The van der Waals surface area contributed by atoms with Gasteiger partial charge >= 0.3 is 0 Å². The van der Waals surface area contributed by atoms with E-state index in [2.05, 4.69) is 33.3 Å². The summed E-state index contributed by atoms with van der Waals surface area (Å²) in [6.45, 7) is 2.37. The highest BCUT2D eigenvalue weighted by Crippen LogP contribution is 2.53. The lowest BCUT2D eigenvalue weighted by Gasteiger charge is -2.58. The van der Waals surface area contributed by atoms with Crippen LogP contribution < -0.4 is 0 Å². The van der Waals surface area contributed by atoms with Gasteiger partial charge in [-0.15, -0.1) is 4.40 Å². The molecule has 1 saturated heterocycles. The van der Waals surface area contributed by atoms with E-state index in [-0.39, 0.29) is 4.90 Å². The molecule has 0 N–H and O–H groups in total. The maximum absolute atomic E-state index is 13.8. The number of likely N-dealkylation sites (tertiary alicyclic amines) is 1. The van der Waals surface area contributed by atoms with Crippen LogP contribution in [-0.4, -0.2) is 19.2 Å². The quantitative estimate of drug-likeness (QED) is 0.202. The van der Waals surface area contributed by atoms with Gasteiger partial charge in [-0.1, -0.05) is 139 Å². The minimum absolute atomic E-state index is 0.166. The fourth-order valence-corrected chi connectivity index (χ4v) is 6.56. The summed E-state index contributed by atoms with van der Waals surface area (Å²) in [6.07, 6.45) is 0. The molecule has 1 aliphatic rings. The van der Waals surface area contributed by atoms with E-state index in [4.69, 9.17) is 0 Å². The zero-order chi connectivity index (χ0) is 29.0. The Morgan fingerprint density at radius 1 is 0.714 bits per heavy atom. The monoisotopic (exact) mass is 566 g/mol. The van der Waals surface area contributed by atoms with Crippen LogP contribution in [0.3, 0.4) is 0 Å². The third-order valence-corrected chi connectivity index (χ3v) is 8.91. The summed E-state index contributed by atoms with van der Waals surface area (Å²) in [5.41, 5.74) is 3.95. The molecule has 0 bridgehead atoms. The number of amidine groups is 1. The van der Waals surface area contributed by atoms with Crippen molar-refractivity contribution in [2.24, 2.45) is 4.40 Å². The maximum Gasteiger partial charge on any atom is 0.283 e. The molecule has 0 aromatic heterocycles. The highest BCUT2D eigenvalue weighted by molar-refractivity contribution is 7.90. The number of nitrogens with zero attached hydrogens (tertiary/aromatic N) is 2. The molecule has 0 saturated carbocycles. The summed E-state index contributed by atoms with van der Waals surface area (Å²) in [5, 5.41) is 0. The third kappa shape index (κ3) is 5.25. The topological polar surface area (TPSA) is 49.7 Å². The van der Waals surface area contributed by atoms with E-state index in [1.807, 2.05) is 116 Å². The zero-order valence-electron chi connectivity index (χ0n) is 23.3. The van der Waals surface area contributed by atoms with Crippen molar-refractivity contribution in [2.45, 2.75) is 29.8 Å². The van der Waals surface area contributed by atoms with E-state index < -0.39 is 21.5 Å². The molecule has 0 unspecified atom stereocenters. The Kier molecular flexibility index (Phi) is 7.48. The van der Waals surface area contributed by atoms with Crippen molar-refractivity contribution < 1.29 is 8.42 Å². The van der Waals surface area contributed by atoms with Crippen molar-refractivity contribution in [1.29, 1.82) is 0 Å². The third-order valence-electron chi connectivity index (χ3n) is 7.61. The van der Waals surface area contributed by atoms with Gasteiger partial charge in [0.2, 0.25) is 0 Å². The minimum Gasteiger partial charge on any atom is -0.333 e. The first-order valence-corrected chi connectivity index (χ1v) is 15.3. The SMILES string of the molecule is Cc1ccc(S(=O)(=O)/N=C2\[C@@H](c3ccccc3)[C@@](C#Cc3ccccc3)(c3ccccc3)N2Cc2ccccc2)cc1. The lowest BCUT2D eigenvalue weighted by atomic mass is 9.65. The van der Waals surface area contributed by atoms with Gasteiger partial charge in [0, 0.05) is 12.1 Å². The Labute approximate surface area is 248 Å². The number of hydrogen-bond acceptors (Lipinski definition) is 2. The van der Waals surface area contributed by atoms with Crippen molar-refractivity contribution in [2.75, 3.05) is 0 Å². The predicted octanol–water partition coefficient (Wildman–Crippen LogP) is 7.33. The lowest BCUT2D eigenvalue weighted by Crippen LogP contribution is -2.66. The predicted molar refractivity (Wildman–Crippen MR) is 168 cm³/mol. The smallest absolute Gasteiger partial charge is 0.283 e. The Bertz CT molecular complexity index is 1860. The van der Waals surface area contributed by atoms with E-state index in [1.54, 1.807) is 24.3 Å². The van der Waals surface area contributed by atoms with Gasteiger partial charge in [-0.05, 0) is 47.9 Å². The zero-order valence-corrected chi connectivity index (χ0v) is 24.1. The largest absolute Gasteiger partial charge is 0.333 e. The Morgan fingerprint density at radius 3 is 1.88 bits per heavy atom. The molecule has 5 aromatic rings. The van der Waals surface area contributed by atoms with Crippen LogP contribution in [-0.2, 0) is 22.1 Å². The maximum atomic E-state index is 13.8. The highest BCUT2D eigenvalue weighted by Gasteiger charge is 2.59. The van der Waals surface area contributed by atoms with E-state index in [9.17, 15) is 8.42 Å². The van der Waals surface area contributed by atoms with Crippen LogP contribution in [0.2, 0.25) is 0 Å². The Morgan fingerprint density at radius 2 is 1.26 bits per heavy atom. The molecule has 5 aromatic carbocycles. The standard InChI is InChI=1S/C37H30N2O2S/c1-29-22-24-34(25-23-29)42(40,41)38-36-35(32-18-10-4-11-19-32)37(33-20-12-5-13-21-33,27-26-30-14-6-2-7-15-30)39(36)28-31-16-8-3-9-17-31/h2-25,35H,28H2,1H3/b38-36+/t35-,37-/m1/s1. The van der Waals surface area contributed by atoms with Gasteiger partial charge in [0.05, 0.1) is 10.8 Å². The van der Waals surface area contributed by atoms with Crippen LogP contribution >= 0.6 is 0 Å². The van der Waals surface area contributed by atoms with E-state index in [1.165, 1.54) is 0 Å². The van der Waals surface area contributed by atoms with Crippen molar-refractivity contribution in [3.05, 3.63) is 173 Å². The van der Waals surface area contributed by atoms with Gasteiger partial charge in [0.25, 0.3) is 10.0 Å². The molecule has 5 heteroatoms. The first-order chi connectivity index (χ1) is 20.5. The van der Waals surface area contributed by atoms with E-state index in [0.717, 1.165) is 27.8 Å². The molecule has 4 nitrogen and oxygen atoms in total. The molecule has 42 heavy (non-hydrogen) atoms. The molecule has 0 radical (unpaired) electrons. The molecule has 6 rings (SSSR count). The van der Waals surface area contributed by atoms with Crippen LogP contribution in [0.15, 0.2) is 155 Å². The molecule has 0 aliphatic carbocycles. The highest BCUT2D eigenvalue weighted by atomic mass is 32.2. The summed E-state index contributed by atoms with van der Waals surface area (Å²) in [4.78, 5) is 2.23. The second kappa shape index (κ2) is 11.5. The van der Waals surface area contributed by atoms with Gasteiger partial charge < -0.3 is 4.90 Å². The second-order valence-corrected chi connectivity index (χ2v) is 12.0. The summed E-state index contributed by atoms with van der Waals surface area (Å²) < 4.78 is 32.2. The van der Waals surface area contributed by atoms with Crippen molar-refractivity contribution in [1.82, 2.24) is 4.90 Å². The van der Waals surface area contributed by atoms with Crippen molar-refractivity contribution in [3.63, 3.8) is 0 Å². The minimum atomic E-state index is -4.00. The normalized spacial score (nSPS) is 19.0. The summed E-state index contributed by atoms with van der Waals surface area (Å²) in [7, 11) is -4.00. The molecule has 206 valence electrons. The summed E-state index contributed by atoms with van der Waals surface area (Å²) in [5.74, 6) is 7.11. The van der Waals surface area contributed by atoms with Gasteiger partial charge in [0.1, 0.15) is 11.4 Å². The van der Waals surface area contributed by atoms with Crippen molar-refractivity contribution in [3.8, 4) is 11.8 Å². The average molecular weight is 567 g/mol. The van der Waals surface area contributed by atoms with E-state index >= 15 is 0 Å². The number of benzene rings is 5. The summed E-state index contributed by atoms with van der Waals surface area (Å²) in [6, 6.07) is 46.8. The van der Waals surface area contributed by atoms with Gasteiger partial charge in [-0.2, -0.15) is 8.42 Å². The Balaban J connectivity index is 1.61. The molecule has 2 atom stereocenters. The van der Waals surface area contributed by atoms with Crippen LogP contribution in [0.5, 0.6) is 0 Å². The van der Waals surface area contributed by atoms with Gasteiger partial charge in [-0.3, -0.25) is 0 Å². The van der Waals surface area contributed by atoms with Gasteiger partial charge in [-0.25, -0.2) is 0 Å². The van der Waals surface area contributed by atoms with Crippen LogP contribution in [0.25, 0.3) is 0 Å². The molecular weight excluding hydrogens is 536 g/mol. The fourth-order valence-electron chi connectivity index (χ4n) is 5.52. The molecule has 1 fully saturated rings. The van der Waals surface area contributed by atoms with Crippen LogP contribution in [0.4, 0.5) is 0 Å². The molecule has 0 spiro atoms. The molecule has 1 aliphatic heterocycles. The van der Waals surface area contributed by atoms with Crippen LogP contribution in [0, 0.1) is 18.8 Å². The number of hydrogen-bond donors (Lipinski definition) is 0. The Hall–Kier alpha value is -4.92. The molecule has 1 heterocycles. The second-order valence-electron chi connectivity index (χ2n) is 10.4. The number of sulfonamides is 1. The molecular formula is C37H30N2O2S.